The first-order valence-corrected chi connectivity index (χ1v) is 14.5. The molecule has 0 amide bonds. The van der Waals surface area contributed by atoms with Crippen molar-refractivity contribution in [2.24, 2.45) is 4.99 Å². The van der Waals surface area contributed by atoms with Gasteiger partial charge in [-0.3, -0.25) is 9.36 Å². The number of thiazole rings is 1. The molecule has 1 aliphatic rings. The van der Waals surface area contributed by atoms with Gasteiger partial charge in [-0.1, -0.05) is 46.7 Å². The minimum absolute atomic E-state index is 0.218. The van der Waals surface area contributed by atoms with E-state index in [4.69, 9.17) is 32.4 Å². The lowest BCUT2D eigenvalue weighted by molar-refractivity contribution is -0.139. The molecular formula is C28H22Cl2N2O4S2. The van der Waals surface area contributed by atoms with E-state index in [2.05, 4.69) is 4.99 Å². The van der Waals surface area contributed by atoms with Crippen LogP contribution in [0.1, 0.15) is 31.2 Å². The van der Waals surface area contributed by atoms with Crippen molar-refractivity contribution in [1.82, 2.24) is 4.57 Å². The molecule has 0 aliphatic carbocycles. The number of rotatable bonds is 6. The number of carbonyl (C=O) groups excluding carboxylic acids is 1. The Morgan fingerprint density at radius 1 is 1.18 bits per heavy atom. The van der Waals surface area contributed by atoms with Crippen LogP contribution in [0.15, 0.2) is 85.0 Å². The van der Waals surface area contributed by atoms with E-state index < -0.39 is 12.0 Å². The molecule has 0 saturated heterocycles. The maximum Gasteiger partial charge on any atom is 0.338 e. The van der Waals surface area contributed by atoms with Crippen molar-refractivity contribution >= 4 is 58.3 Å². The number of hydrogen-bond acceptors (Lipinski definition) is 7. The van der Waals surface area contributed by atoms with E-state index in [1.807, 2.05) is 30.5 Å². The number of furan rings is 1. The highest BCUT2D eigenvalue weighted by Crippen LogP contribution is 2.33. The van der Waals surface area contributed by atoms with Gasteiger partial charge >= 0.3 is 5.97 Å². The largest absolute Gasteiger partial charge is 0.463 e. The summed E-state index contributed by atoms with van der Waals surface area (Å²) in [5, 5.41) is 1.04. The van der Waals surface area contributed by atoms with Crippen molar-refractivity contribution < 1.29 is 13.9 Å². The van der Waals surface area contributed by atoms with Gasteiger partial charge in [0.25, 0.3) is 5.56 Å². The number of fused-ring (bicyclic) bond motifs is 1. The van der Waals surface area contributed by atoms with Crippen LogP contribution < -0.4 is 14.9 Å². The predicted molar refractivity (Wildman–Crippen MR) is 153 cm³/mol. The number of hydrogen-bond donors (Lipinski definition) is 0. The first-order chi connectivity index (χ1) is 18.3. The quantitative estimate of drug-likeness (QED) is 0.202. The summed E-state index contributed by atoms with van der Waals surface area (Å²) in [6.07, 6.45) is 3.66. The van der Waals surface area contributed by atoms with Gasteiger partial charge in [0.2, 0.25) is 0 Å². The fourth-order valence-electron chi connectivity index (χ4n) is 4.28. The molecule has 0 fully saturated rings. The molecule has 3 heterocycles. The molecule has 0 unspecified atom stereocenters. The van der Waals surface area contributed by atoms with Gasteiger partial charge in [-0.05, 0) is 68.1 Å². The standard InChI is InChI=1S/C28H22Cl2N2O4S2/c1-4-35-27(34)24-15(2)31-28-32(25(24)16-5-9-19(37-3)10-6-16)26(33)23(38-28)14-18-8-12-22(36-18)20-13-17(29)7-11-21(20)30/h5-14,25H,4H2,1-3H3/b23-14-/t25-/m1/s1. The first-order valence-electron chi connectivity index (χ1n) is 11.7. The Morgan fingerprint density at radius 3 is 2.66 bits per heavy atom. The second-order valence-corrected chi connectivity index (χ2v) is 11.1. The summed E-state index contributed by atoms with van der Waals surface area (Å²) < 4.78 is 13.3. The van der Waals surface area contributed by atoms with E-state index in [0.29, 0.717) is 47.7 Å². The summed E-state index contributed by atoms with van der Waals surface area (Å²) in [4.78, 5) is 33.0. The number of carbonyl (C=O) groups is 1. The summed E-state index contributed by atoms with van der Waals surface area (Å²) >= 11 is 15.3. The Balaban J connectivity index is 1.64. The Labute approximate surface area is 236 Å². The van der Waals surface area contributed by atoms with E-state index in [1.165, 1.54) is 11.3 Å². The Kier molecular flexibility index (Phi) is 7.68. The third kappa shape index (κ3) is 5.01. The van der Waals surface area contributed by atoms with Gasteiger partial charge in [-0.2, -0.15) is 0 Å². The molecule has 0 radical (unpaired) electrons. The minimum Gasteiger partial charge on any atom is -0.463 e. The smallest absolute Gasteiger partial charge is 0.338 e. The van der Waals surface area contributed by atoms with Gasteiger partial charge in [0.05, 0.1) is 33.5 Å². The monoisotopic (exact) mass is 584 g/mol. The molecule has 1 atom stereocenters. The molecule has 2 aromatic heterocycles. The fourth-order valence-corrected chi connectivity index (χ4v) is 6.10. The highest BCUT2D eigenvalue weighted by atomic mass is 35.5. The topological polar surface area (TPSA) is 73.8 Å². The maximum absolute atomic E-state index is 13.8. The van der Waals surface area contributed by atoms with E-state index in [-0.39, 0.29) is 12.2 Å². The fraction of sp³-hybridized carbons (Fsp3) is 0.179. The number of ether oxygens (including phenoxy) is 1. The van der Waals surface area contributed by atoms with E-state index in [0.717, 1.165) is 10.5 Å². The normalized spacial score (nSPS) is 15.4. The van der Waals surface area contributed by atoms with Crippen molar-refractivity contribution in [3.05, 3.63) is 107 Å². The molecule has 1 aliphatic heterocycles. The van der Waals surface area contributed by atoms with E-state index in [9.17, 15) is 9.59 Å². The maximum atomic E-state index is 13.8. The van der Waals surface area contributed by atoms with Crippen LogP contribution in [0, 0.1) is 0 Å². The third-order valence-electron chi connectivity index (χ3n) is 6.04. The lowest BCUT2D eigenvalue weighted by Crippen LogP contribution is -2.39. The van der Waals surface area contributed by atoms with Crippen molar-refractivity contribution in [1.29, 1.82) is 0 Å². The van der Waals surface area contributed by atoms with Crippen molar-refractivity contribution in [2.75, 3.05) is 12.9 Å². The SMILES string of the molecule is CCOC(=O)C1=C(C)N=c2s/c(=C\c3ccc(-c4cc(Cl)ccc4Cl)o3)c(=O)n2[C@@H]1c1ccc(SC)cc1. The summed E-state index contributed by atoms with van der Waals surface area (Å²) in [5.41, 5.74) is 2.04. The summed E-state index contributed by atoms with van der Waals surface area (Å²) in [6.45, 7) is 3.73. The van der Waals surface area contributed by atoms with Gasteiger partial charge in [0.1, 0.15) is 11.5 Å². The zero-order valence-electron chi connectivity index (χ0n) is 20.7. The Morgan fingerprint density at radius 2 is 1.95 bits per heavy atom. The summed E-state index contributed by atoms with van der Waals surface area (Å²) in [7, 11) is 0. The van der Waals surface area contributed by atoms with Crippen LogP contribution in [0.4, 0.5) is 0 Å². The lowest BCUT2D eigenvalue weighted by Gasteiger charge is -2.24. The molecule has 2 aromatic carbocycles. The van der Waals surface area contributed by atoms with Gasteiger partial charge in [-0.25, -0.2) is 9.79 Å². The van der Waals surface area contributed by atoms with Crippen LogP contribution in [0.25, 0.3) is 17.4 Å². The van der Waals surface area contributed by atoms with Crippen LogP contribution in [0.2, 0.25) is 10.0 Å². The molecule has 38 heavy (non-hydrogen) atoms. The summed E-state index contributed by atoms with van der Waals surface area (Å²) in [6, 6.07) is 15.8. The van der Waals surface area contributed by atoms with E-state index in [1.54, 1.807) is 66.6 Å². The average Bonchev–Trinajstić information content (AvgIpc) is 3.49. The number of benzene rings is 2. The van der Waals surface area contributed by atoms with Gasteiger partial charge in [0.15, 0.2) is 4.80 Å². The predicted octanol–water partition coefficient (Wildman–Crippen LogP) is 6.09. The molecule has 6 nitrogen and oxygen atoms in total. The van der Waals surface area contributed by atoms with Crippen LogP contribution in [0.3, 0.4) is 0 Å². The van der Waals surface area contributed by atoms with Crippen molar-refractivity contribution in [2.45, 2.75) is 24.8 Å². The lowest BCUT2D eigenvalue weighted by atomic mass is 9.96. The van der Waals surface area contributed by atoms with Gasteiger partial charge < -0.3 is 9.15 Å². The Bertz CT molecular complexity index is 1750. The molecular weight excluding hydrogens is 563 g/mol. The molecule has 0 saturated carbocycles. The highest BCUT2D eigenvalue weighted by Gasteiger charge is 2.33. The molecule has 4 aromatic rings. The molecule has 0 bridgehead atoms. The van der Waals surface area contributed by atoms with Gasteiger partial charge in [0, 0.05) is 21.6 Å². The van der Waals surface area contributed by atoms with Crippen molar-refractivity contribution in [3.8, 4) is 11.3 Å². The molecule has 0 N–H and O–H groups in total. The van der Waals surface area contributed by atoms with Gasteiger partial charge in [-0.15, -0.1) is 11.8 Å². The number of thioether (sulfide) groups is 1. The average molecular weight is 586 g/mol. The molecule has 194 valence electrons. The minimum atomic E-state index is -0.666. The molecule has 5 rings (SSSR count). The van der Waals surface area contributed by atoms with E-state index >= 15 is 0 Å². The number of allylic oxidation sites excluding steroid dienone is 1. The highest BCUT2D eigenvalue weighted by molar-refractivity contribution is 7.98. The zero-order valence-corrected chi connectivity index (χ0v) is 23.8. The van der Waals surface area contributed by atoms with Crippen LogP contribution in [-0.2, 0) is 9.53 Å². The van der Waals surface area contributed by atoms with Crippen LogP contribution in [0.5, 0.6) is 0 Å². The first kappa shape index (κ1) is 26.6. The second kappa shape index (κ2) is 11.0. The molecule has 10 heteroatoms. The number of esters is 1. The summed E-state index contributed by atoms with van der Waals surface area (Å²) in [5.74, 6) is 0.517. The second-order valence-electron chi connectivity index (χ2n) is 8.40. The molecule has 0 spiro atoms. The van der Waals surface area contributed by atoms with Crippen molar-refractivity contribution in [3.63, 3.8) is 0 Å². The number of halogens is 2. The number of nitrogens with zero attached hydrogens (tertiary/aromatic N) is 2. The Hall–Kier alpha value is -3.04. The zero-order chi connectivity index (χ0) is 27.0. The van der Waals surface area contributed by atoms with Crippen LogP contribution in [-0.4, -0.2) is 23.4 Å². The number of aromatic nitrogens is 1. The third-order valence-corrected chi connectivity index (χ3v) is 8.33. The van der Waals surface area contributed by atoms with Crippen LogP contribution >= 0.6 is 46.3 Å².